The first-order valence-corrected chi connectivity index (χ1v) is 8.95. The van der Waals surface area contributed by atoms with Gasteiger partial charge in [0.1, 0.15) is 17.3 Å². The molecule has 0 spiro atoms. The van der Waals surface area contributed by atoms with Crippen LogP contribution in [0.1, 0.15) is 28.5 Å². The van der Waals surface area contributed by atoms with E-state index in [4.69, 9.17) is 22.1 Å². The third-order valence-electron chi connectivity index (χ3n) is 4.05. The maximum Gasteiger partial charge on any atom is 0.259 e. The van der Waals surface area contributed by atoms with Gasteiger partial charge >= 0.3 is 0 Å². The summed E-state index contributed by atoms with van der Waals surface area (Å²) < 4.78 is 5.85. The van der Waals surface area contributed by atoms with Crippen LogP contribution in [0.25, 0.3) is 0 Å². The van der Waals surface area contributed by atoms with Crippen LogP contribution in [0.3, 0.4) is 0 Å². The number of aromatic nitrogens is 1. The zero-order chi connectivity index (χ0) is 19.4. The van der Waals surface area contributed by atoms with Crippen molar-refractivity contribution in [3.8, 4) is 11.5 Å². The minimum atomic E-state index is -0.307. The van der Waals surface area contributed by atoms with E-state index < -0.39 is 0 Å². The Labute approximate surface area is 163 Å². The van der Waals surface area contributed by atoms with Crippen molar-refractivity contribution in [3.05, 3.63) is 76.4 Å². The third kappa shape index (κ3) is 4.57. The lowest BCUT2D eigenvalue weighted by Crippen LogP contribution is -2.15. The molecule has 0 saturated heterocycles. The van der Waals surface area contributed by atoms with Gasteiger partial charge in [0.05, 0.1) is 5.56 Å². The zero-order valence-corrected chi connectivity index (χ0v) is 15.9. The number of ether oxygens (including phenoxy) is 1. The number of benzene rings is 2. The molecule has 0 unspecified atom stereocenters. The lowest BCUT2D eigenvalue weighted by atomic mass is 10.1. The van der Waals surface area contributed by atoms with Gasteiger partial charge in [-0.3, -0.25) is 4.79 Å². The van der Waals surface area contributed by atoms with Gasteiger partial charge in [-0.25, -0.2) is 4.98 Å². The highest BCUT2D eigenvalue weighted by atomic mass is 35.5. The normalized spacial score (nSPS) is 10.5. The molecule has 0 aliphatic carbocycles. The molecule has 0 fully saturated rings. The van der Waals surface area contributed by atoms with Crippen LogP contribution in [0.4, 0.5) is 11.5 Å². The highest BCUT2D eigenvalue weighted by Crippen LogP contribution is 2.27. The second-order valence-electron chi connectivity index (χ2n) is 6.07. The lowest BCUT2D eigenvalue weighted by molar-refractivity contribution is 0.102. The summed E-state index contributed by atoms with van der Waals surface area (Å²) in [7, 11) is 0. The number of carbonyl (C=O) groups is 1. The number of pyridine rings is 1. The van der Waals surface area contributed by atoms with Crippen molar-refractivity contribution in [1.82, 2.24) is 4.98 Å². The molecule has 2 aromatic carbocycles. The van der Waals surface area contributed by atoms with Crippen LogP contribution in [0.15, 0.2) is 54.6 Å². The number of nitrogens with two attached hydrogens (primary N) is 1. The Bertz CT molecular complexity index is 972. The number of nitrogens with one attached hydrogen (secondary N) is 1. The average Bonchev–Trinajstić information content (AvgIpc) is 2.64. The zero-order valence-electron chi connectivity index (χ0n) is 15.1. The quantitative estimate of drug-likeness (QED) is 0.634. The Morgan fingerprint density at radius 3 is 2.48 bits per heavy atom. The maximum atomic E-state index is 12.3. The van der Waals surface area contributed by atoms with E-state index in [2.05, 4.69) is 10.3 Å². The Hall–Kier alpha value is -3.05. The minimum Gasteiger partial charge on any atom is -0.457 e. The number of halogens is 1. The Morgan fingerprint density at radius 1 is 1.11 bits per heavy atom. The van der Waals surface area contributed by atoms with Gasteiger partial charge in [0.15, 0.2) is 0 Å². The maximum absolute atomic E-state index is 12.3. The standard InChI is InChI=1S/C21H20ClN3O2/c1-3-14-12-17(9-11-19(14)22)27-16-7-5-15(6-8-16)25-21(26)18-10-4-13(2)24-20(18)23/h4-12H,3H2,1-2H3,(H2,23,24)(H,25,26). The number of nitrogens with zero attached hydrogens (tertiary/aromatic N) is 1. The molecule has 27 heavy (non-hydrogen) atoms. The van der Waals surface area contributed by atoms with Gasteiger partial charge in [-0.05, 0) is 73.5 Å². The van der Waals surface area contributed by atoms with Crippen LogP contribution in [0, 0.1) is 6.92 Å². The highest BCUT2D eigenvalue weighted by molar-refractivity contribution is 6.31. The summed E-state index contributed by atoms with van der Waals surface area (Å²) in [5, 5.41) is 3.53. The van der Waals surface area contributed by atoms with Crippen molar-refractivity contribution >= 4 is 29.0 Å². The molecule has 3 aromatic rings. The van der Waals surface area contributed by atoms with Crippen molar-refractivity contribution < 1.29 is 9.53 Å². The summed E-state index contributed by atoms with van der Waals surface area (Å²) in [5.74, 6) is 1.28. The van der Waals surface area contributed by atoms with Gasteiger partial charge in [-0.15, -0.1) is 0 Å². The summed E-state index contributed by atoms with van der Waals surface area (Å²) >= 11 is 6.13. The second-order valence-corrected chi connectivity index (χ2v) is 6.48. The Morgan fingerprint density at radius 2 is 1.81 bits per heavy atom. The SMILES string of the molecule is CCc1cc(Oc2ccc(NC(=O)c3ccc(C)nc3N)cc2)ccc1Cl. The summed E-state index contributed by atoms with van der Waals surface area (Å²) in [6, 6.07) is 16.1. The van der Waals surface area contributed by atoms with E-state index >= 15 is 0 Å². The minimum absolute atomic E-state index is 0.210. The van der Waals surface area contributed by atoms with Gasteiger partial charge in [-0.1, -0.05) is 18.5 Å². The predicted octanol–water partition coefficient (Wildman–Crippen LogP) is 5.23. The number of rotatable bonds is 5. The fourth-order valence-corrected chi connectivity index (χ4v) is 2.85. The van der Waals surface area contributed by atoms with Gasteiger partial charge < -0.3 is 15.8 Å². The largest absolute Gasteiger partial charge is 0.457 e. The molecule has 138 valence electrons. The van der Waals surface area contributed by atoms with E-state index in [-0.39, 0.29) is 11.7 Å². The lowest BCUT2D eigenvalue weighted by Gasteiger charge is -2.10. The van der Waals surface area contributed by atoms with Gasteiger partial charge in [-0.2, -0.15) is 0 Å². The smallest absolute Gasteiger partial charge is 0.259 e. The van der Waals surface area contributed by atoms with Crippen LogP contribution in [0.2, 0.25) is 5.02 Å². The molecule has 3 N–H and O–H groups in total. The summed E-state index contributed by atoms with van der Waals surface area (Å²) in [6.07, 6.45) is 0.831. The molecule has 1 aromatic heterocycles. The average molecular weight is 382 g/mol. The number of aryl methyl sites for hydroxylation is 2. The molecule has 3 rings (SSSR count). The number of hydrogen-bond acceptors (Lipinski definition) is 4. The molecule has 1 amide bonds. The first kappa shape index (κ1) is 18.7. The molecule has 0 aliphatic rings. The molecule has 0 atom stereocenters. The molecule has 0 radical (unpaired) electrons. The van der Waals surface area contributed by atoms with Crippen molar-refractivity contribution in [2.45, 2.75) is 20.3 Å². The van der Waals surface area contributed by atoms with E-state index in [0.717, 1.165) is 22.7 Å². The fourth-order valence-electron chi connectivity index (χ4n) is 2.60. The predicted molar refractivity (Wildman–Crippen MR) is 109 cm³/mol. The molecular weight excluding hydrogens is 362 g/mol. The van der Waals surface area contributed by atoms with Crippen LogP contribution in [-0.4, -0.2) is 10.9 Å². The summed E-state index contributed by atoms with van der Waals surface area (Å²) in [4.78, 5) is 16.5. The third-order valence-corrected chi connectivity index (χ3v) is 4.42. The van der Waals surface area contributed by atoms with Crippen molar-refractivity contribution in [2.24, 2.45) is 0 Å². The number of hydrogen-bond donors (Lipinski definition) is 2. The number of anilines is 2. The molecule has 5 nitrogen and oxygen atoms in total. The number of carbonyl (C=O) groups excluding carboxylic acids is 1. The van der Waals surface area contributed by atoms with Gasteiger partial charge in [0.2, 0.25) is 0 Å². The Balaban J connectivity index is 1.69. The summed E-state index contributed by atoms with van der Waals surface area (Å²) in [5.41, 5.74) is 8.59. The molecule has 6 heteroatoms. The van der Waals surface area contributed by atoms with Crippen LogP contribution < -0.4 is 15.8 Å². The van der Waals surface area contributed by atoms with Crippen LogP contribution in [0.5, 0.6) is 11.5 Å². The monoisotopic (exact) mass is 381 g/mol. The van der Waals surface area contributed by atoms with Crippen LogP contribution in [-0.2, 0) is 6.42 Å². The van der Waals surface area contributed by atoms with E-state index in [9.17, 15) is 4.79 Å². The van der Waals surface area contributed by atoms with E-state index in [1.807, 2.05) is 32.0 Å². The van der Waals surface area contributed by atoms with Crippen molar-refractivity contribution in [3.63, 3.8) is 0 Å². The van der Waals surface area contributed by atoms with E-state index in [1.165, 1.54) is 0 Å². The summed E-state index contributed by atoms with van der Waals surface area (Å²) in [6.45, 7) is 3.86. The number of amides is 1. The molecule has 0 aliphatic heterocycles. The molecular formula is C21H20ClN3O2. The van der Waals surface area contributed by atoms with Gasteiger partial charge in [0, 0.05) is 16.4 Å². The molecule has 1 heterocycles. The topological polar surface area (TPSA) is 77.2 Å². The first-order chi connectivity index (χ1) is 13.0. The molecule has 0 saturated carbocycles. The Kier molecular flexibility index (Phi) is 5.62. The second kappa shape index (κ2) is 8.10. The first-order valence-electron chi connectivity index (χ1n) is 8.57. The van der Waals surface area contributed by atoms with E-state index in [0.29, 0.717) is 22.7 Å². The van der Waals surface area contributed by atoms with E-state index in [1.54, 1.807) is 36.4 Å². The van der Waals surface area contributed by atoms with Crippen molar-refractivity contribution in [2.75, 3.05) is 11.1 Å². The van der Waals surface area contributed by atoms with Crippen LogP contribution >= 0.6 is 11.6 Å². The van der Waals surface area contributed by atoms with Crippen molar-refractivity contribution in [1.29, 1.82) is 0 Å². The highest BCUT2D eigenvalue weighted by Gasteiger charge is 2.11. The fraction of sp³-hybridized carbons (Fsp3) is 0.143. The molecule has 0 bridgehead atoms. The van der Waals surface area contributed by atoms with Gasteiger partial charge in [0.25, 0.3) is 5.91 Å². The number of nitrogen functional groups attached to an aromatic ring is 1.